The standard InChI is InChI=1S/C18H26N6OS/c1-11-3-4-14-15(9-11)26-18(20-14)21-16(25)10-24-7-5-13(6-8-24)17-19-12(2)22-23-17/h11,13H,3-10H2,1-2H3,(H,19,22,23)(H,20,21,25)/t11-/m0/s1. The predicted molar refractivity (Wildman–Crippen MR) is 101 cm³/mol. The first-order valence-electron chi connectivity index (χ1n) is 9.46. The number of fused-ring (bicyclic) bond motifs is 1. The van der Waals surface area contributed by atoms with Gasteiger partial charge in [-0.3, -0.25) is 14.8 Å². The van der Waals surface area contributed by atoms with Crippen molar-refractivity contribution in [2.24, 2.45) is 5.92 Å². The van der Waals surface area contributed by atoms with E-state index in [2.05, 4.69) is 37.3 Å². The summed E-state index contributed by atoms with van der Waals surface area (Å²) >= 11 is 1.65. The molecule has 0 aromatic carbocycles. The van der Waals surface area contributed by atoms with E-state index in [-0.39, 0.29) is 5.91 Å². The first-order chi connectivity index (χ1) is 12.6. The lowest BCUT2D eigenvalue weighted by molar-refractivity contribution is -0.117. The number of piperidine rings is 1. The minimum atomic E-state index is 0.0383. The zero-order valence-electron chi connectivity index (χ0n) is 15.4. The quantitative estimate of drug-likeness (QED) is 0.859. The van der Waals surface area contributed by atoms with E-state index < -0.39 is 0 Å². The maximum atomic E-state index is 12.4. The molecule has 0 unspecified atom stereocenters. The molecule has 2 aromatic heterocycles. The average molecular weight is 375 g/mol. The summed E-state index contributed by atoms with van der Waals surface area (Å²) in [5, 5.41) is 11.0. The summed E-state index contributed by atoms with van der Waals surface area (Å²) in [6.07, 6.45) is 5.32. The molecule has 0 saturated carbocycles. The van der Waals surface area contributed by atoms with Crippen molar-refractivity contribution in [3.63, 3.8) is 0 Å². The molecule has 0 spiro atoms. The van der Waals surface area contributed by atoms with Crippen molar-refractivity contribution in [1.29, 1.82) is 0 Å². The number of hydrogen-bond acceptors (Lipinski definition) is 6. The third-order valence-corrected chi connectivity index (χ3v) is 6.40. The van der Waals surface area contributed by atoms with Gasteiger partial charge >= 0.3 is 0 Å². The monoisotopic (exact) mass is 374 g/mol. The molecule has 2 aromatic rings. The number of likely N-dealkylation sites (tertiary alicyclic amines) is 1. The molecule has 2 N–H and O–H groups in total. The van der Waals surface area contributed by atoms with E-state index in [0.717, 1.165) is 61.5 Å². The van der Waals surface area contributed by atoms with Crippen LogP contribution in [0.1, 0.15) is 54.3 Å². The van der Waals surface area contributed by atoms with Gasteiger partial charge in [0, 0.05) is 10.8 Å². The molecular weight excluding hydrogens is 348 g/mol. The summed E-state index contributed by atoms with van der Waals surface area (Å²) in [6.45, 7) is 6.44. The molecule has 0 bridgehead atoms. The number of nitrogens with one attached hydrogen (secondary N) is 2. The largest absolute Gasteiger partial charge is 0.301 e. The van der Waals surface area contributed by atoms with Crippen LogP contribution in [-0.4, -0.2) is 50.6 Å². The number of H-pyrrole nitrogens is 1. The van der Waals surface area contributed by atoms with E-state index in [1.165, 1.54) is 17.0 Å². The van der Waals surface area contributed by atoms with Crippen molar-refractivity contribution in [2.45, 2.75) is 51.9 Å². The Morgan fingerprint density at radius 1 is 1.31 bits per heavy atom. The van der Waals surface area contributed by atoms with Crippen LogP contribution in [0, 0.1) is 12.8 Å². The molecule has 3 heterocycles. The maximum absolute atomic E-state index is 12.4. The van der Waals surface area contributed by atoms with Crippen molar-refractivity contribution in [1.82, 2.24) is 25.1 Å². The Morgan fingerprint density at radius 3 is 2.85 bits per heavy atom. The van der Waals surface area contributed by atoms with Gasteiger partial charge in [0.05, 0.1) is 12.2 Å². The van der Waals surface area contributed by atoms with Gasteiger partial charge in [0.2, 0.25) is 5.91 Å². The Morgan fingerprint density at radius 2 is 2.12 bits per heavy atom. The van der Waals surface area contributed by atoms with Crippen LogP contribution in [0.3, 0.4) is 0 Å². The van der Waals surface area contributed by atoms with Gasteiger partial charge in [-0.05, 0) is 58.0 Å². The number of hydrogen-bond donors (Lipinski definition) is 2. The number of aromatic amines is 1. The highest BCUT2D eigenvalue weighted by molar-refractivity contribution is 7.15. The lowest BCUT2D eigenvalue weighted by atomic mass is 9.93. The SMILES string of the molecule is Cc1nc(C2CCN(CC(=O)Nc3nc4c(s3)C[C@@H](C)CC4)CC2)n[nH]1. The molecule has 1 aliphatic carbocycles. The molecule has 140 valence electrons. The third-order valence-electron chi connectivity index (χ3n) is 5.37. The van der Waals surface area contributed by atoms with Crippen molar-refractivity contribution < 1.29 is 4.79 Å². The number of rotatable bonds is 4. The van der Waals surface area contributed by atoms with Gasteiger partial charge in [-0.2, -0.15) is 5.10 Å². The van der Waals surface area contributed by atoms with Crippen LogP contribution in [0.2, 0.25) is 0 Å². The molecule has 1 saturated heterocycles. The molecule has 7 nitrogen and oxygen atoms in total. The van der Waals surface area contributed by atoms with Crippen LogP contribution in [0.4, 0.5) is 5.13 Å². The Kier molecular flexibility index (Phi) is 5.04. The summed E-state index contributed by atoms with van der Waals surface area (Å²) in [6, 6.07) is 0. The molecule has 2 aliphatic rings. The number of thiazole rings is 1. The minimum Gasteiger partial charge on any atom is -0.301 e. The molecule has 1 amide bonds. The number of aryl methyl sites for hydroxylation is 2. The van der Waals surface area contributed by atoms with Gasteiger partial charge in [-0.25, -0.2) is 9.97 Å². The molecular formula is C18H26N6OS. The van der Waals surface area contributed by atoms with Gasteiger partial charge < -0.3 is 5.32 Å². The van der Waals surface area contributed by atoms with E-state index in [1.54, 1.807) is 11.3 Å². The van der Waals surface area contributed by atoms with Crippen LogP contribution < -0.4 is 5.32 Å². The topological polar surface area (TPSA) is 86.8 Å². The summed E-state index contributed by atoms with van der Waals surface area (Å²) in [5.41, 5.74) is 1.19. The highest BCUT2D eigenvalue weighted by Gasteiger charge is 2.25. The van der Waals surface area contributed by atoms with Gasteiger partial charge in [-0.15, -0.1) is 11.3 Å². The third kappa shape index (κ3) is 3.96. The lowest BCUT2D eigenvalue weighted by Crippen LogP contribution is -2.38. The second-order valence-corrected chi connectivity index (χ2v) is 8.70. The maximum Gasteiger partial charge on any atom is 0.240 e. The lowest BCUT2D eigenvalue weighted by Gasteiger charge is -2.29. The van der Waals surface area contributed by atoms with E-state index in [1.807, 2.05) is 6.92 Å². The zero-order valence-corrected chi connectivity index (χ0v) is 16.2. The van der Waals surface area contributed by atoms with Crippen molar-refractivity contribution in [3.05, 3.63) is 22.2 Å². The minimum absolute atomic E-state index is 0.0383. The summed E-state index contributed by atoms with van der Waals surface area (Å²) < 4.78 is 0. The van der Waals surface area contributed by atoms with Crippen molar-refractivity contribution >= 4 is 22.4 Å². The number of anilines is 1. The van der Waals surface area contributed by atoms with Crippen LogP contribution in [-0.2, 0) is 17.6 Å². The smallest absolute Gasteiger partial charge is 0.240 e. The molecule has 4 rings (SSSR count). The Hall–Kier alpha value is -1.80. The number of carbonyl (C=O) groups excluding carboxylic acids is 1. The second kappa shape index (κ2) is 7.44. The van der Waals surface area contributed by atoms with Crippen LogP contribution in [0.5, 0.6) is 0 Å². The van der Waals surface area contributed by atoms with Crippen LogP contribution in [0.15, 0.2) is 0 Å². The van der Waals surface area contributed by atoms with Crippen molar-refractivity contribution in [2.75, 3.05) is 25.0 Å². The molecule has 0 radical (unpaired) electrons. The predicted octanol–water partition coefficient (Wildman–Crippen LogP) is 2.51. The summed E-state index contributed by atoms with van der Waals surface area (Å²) in [4.78, 5) is 25.0. The van der Waals surface area contributed by atoms with Gasteiger partial charge in [0.25, 0.3) is 0 Å². The van der Waals surface area contributed by atoms with E-state index >= 15 is 0 Å². The molecule has 8 heteroatoms. The van der Waals surface area contributed by atoms with Gasteiger partial charge in [0.15, 0.2) is 11.0 Å². The second-order valence-electron chi connectivity index (χ2n) is 7.61. The molecule has 1 aliphatic heterocycles. The number of carbonyl (C=O) groups is 1. The molecule has 26 heavy (non-hydrogen) atoms. The van der Waals surface area contributed by atoms with E-state index in [0.29, 0.717) is 12.5 Å². The highest BCUT2D eigenvalue weighted by Crippen LogP contribution is 2.32. The van der Waals surface area contributed by atoms with E-state index in [9.17, 15) is 4.79 Å². The Balaban J connectivity index is 1.27. The fourth-order valence-electron chi connectivity index (χ4n) is 3.85. The van der Waals surface area contributed by atoms with E-state index in [4.69, 9.17) is 0 Å². The summed E-state index contributed by atoms with van der Waals surface area (Å²) in [7, 11) is 0. The summed E-state index contributed by atoms with van der Waals surface area (Å²) in [5.74, 6) is 2.93. The Bertz CT molecular complexity index is 776. The first-order valence-corrected chi connectivity index (χ1v) is 10.3. The zero-order chi connectivity index (χ0) is 18.1. The fourth-order valence-corrected chi connectivity index (χ4v) is 5.03. The first kappa shape index (κ1) is 17.6. The fraction of sp³-hybridized carbons (Fsp3) is 0.667. The normalized spacial score (nSPS) is 21.5. The van der Waals surface area contributed by atoms with Crippen LogP contribution in [0.25, 0.3) is 0 Å². The Labute approximate surface area is 157 Å². The van der Waals surface area contributed by atoms with Gasteiger partial charge in [-0.1, -0.05) is 6.92 Å². The highest BCUT2D eigenvalue weighted by atomic mass is 32.1. The number of aromatic nitrogens is 4. The van der Waals surface area contributed by atoms with Gasteiger partial charge in [0.1, 0.15) is 5.82 Å². The number of nitrogens with zero attached hydrogens (tertiary/aromatic N) is 4. The number of amides is 1. The molecule has 1 atom stereocenters. The average Bonchev–Trinajstić information content (AvgIpc) is 3.20. The molecule has 1 fully saturated rings. The van der Waals surface area contributed by atoms with Crippen LogP contribution >= 0.6 is 11.3 Å². The van der Waals surface area contributed by atoms with Crippen molar-refractivity contribution in [3.8, 4) is 0 Å².